The van der Waals surface area contributed by atoms with Gasteiger partial charge in [0.05, 0.1) is 12.0 Å². The van der Waals surface area contributed by atoms with Gasteiger partial charge >= 0.3 is 0 Å². The highest BCUT2D eigenvalue weighted by molar-refractivity contribution is 4.89. The first-order chi connectivity index (χ1) is 8.71. The van der Waals surface area contributed by atoms with E-state index in [2.05, 4.69) is 24.8 Å². The molecule has 2 atom stereocenters. The molecule has 0 saturated carbocycles. The average Bonchev–Trinajstić information content (AvgIpc) is 2.34. The van der Waals surface area contributed by atoms with Gasteiger partial charge in [-0.2, -0.15) is 5.26 Å². The lowest BCUT2D eigenvalue weighted by molar-refractivity contribution is 0.0453. The quantitative estimate of drug-likeness (QED) is 0.577. The Morgan fingerprint density at radius 2 is 1.94 bits per heavy atom. The molecule has 1 heterocycles. The summed E-state index contributed by atoms with van der Waals surface area (Å²) in [7, 11) is 0. The Morgan fingerprint density at radius 1 is 1.22 bits per heavy atom. The van der Waals surface area contributed by atoms with Crippen LogP contribution >= 0.6 is 0 Å². The number of rotatable bonds is 9. The molecule has 2 heteroatoms. The summed E-state index contributed by atoms with van der Waals surface area (Å²) in [4.78, 5) is 2.45. The molecule has 2 nitrogen and oxygen atoms in total. The van der Waals surface area contributed by atoms with Gasteiger partial charge in [-0.15, -0.1) is 0 Å². The van der Waals surface area contributed by atoms with E-state index in [1.165, 1.54) is 51.6 Å². The molecule has 0 amide bonds. The van der Waals surface area contributed by atoms with E-state index in [0.29, 0.717) is 0 Å². The standard InChI is InChI=1S/C16H30N2/c1-4-6-7-8-9-15(5-2)16-12-18(13-16)11-14(3)10-17/h14-16H,4-9,11-13H2,1-3H3. The smallest absolute Gasteiger partial charge is 0.0666 e. The Bertz CT molecular complexity index is 250. The molecule has 1 rings (SSSR count). The van der Waals surface area contributed by atoms with Crippen LogP contribution in [0.3, 0.4) is 0 Å². The van der Waals surface area contributed by atoms with Crippen molar-refractivity contribution >= 4 is 0 Å². The fourth-order valence-corrected chi connectivity index (χ4v) is 3.09. The summed E-state index contributed by atoms with van der Waals surface area (Å²) >= 11 is 0. The monoisotopic (exact) mass is 250 g/mol. The molecule has 0 aromatic carbocycles. The maximum absolute atomic E-state index is 8.81. The van der Waals surface area contributed by atoms with E-state index >= 15 is 0 Å². The van der Waals surface area contributed by atoms with Crippen molar-refractivity contribution in [1.29, 1.82) is 5.26 Å². The first kappa shape index (κ1) is 15.5. The van der Waals surface area contributed by atoms with Crippen LogP contribution in [-0.4, -0.2) is 24.5 Å². The summed E-state index contributed by atoms with van der Waals surface area (Å²) in [5, 5.41) is 8.81. The molecule has 0 aliphatic carbocycles. The second kappa shape index (κ2) is 8.53. The Balaban J connectivity index is 2.15. The van der Waals surface area contributed by atoms with E-state index in [4.69, 9.17) is 5.26 Å². The van der Waals surface area contributed by atoms with Gasteiger partial charge in [0, 0.05) is 19.6 Å². The fourth-order valence-electron chi connectivity index (χ4n) is 3.09. The van der Waals surface area contributed by atoms with Gasteiger partial charge in [0.1, 0.15) is 0 Å². The lowest BCUT2D eigenvalue weighted by atomic mass is 9.80. The molecular weight excluding hydrogens is 220 g/mol. The van der Waals surface area contributed by atoms with E-state index in [9.17, 15) is 0 Å². The molecule has 0 bridgehead atoms. The Kier molecular flexibility index (Phi) is 7.35. The molecule has 1 aliphatic heterocycles. The van der Waals surface area contributed by atoms with Crippen LogP contribution in [0.25, 0.3) is 0 Å². The van der Waals surface area contributed by atoms with Crippen LogP contribution in [-0.2, 0) is 0 Å². The van der Waals surface area contributed by atoms with Crippen LogP contribution < -0.4 is 0 Å². The van der Waals surface area contributed by atoms with Crippen molar-refractivity contribution in [2.24, 2.45) is 17.8 Å². The maximum Gasteiger partial charge on any atom is 0.0666 e. The minimum atomic E-state index is 0.190. The molecule has 18 heavy (non-hydrogen) atoms. The van der Waals surface area contributed by atoms with Gasteiger partial charge in [-0.3, -0.25) is 0 Å². The van der Waals surface area contributed by atoms with Crippen molar-refractivity contribution in [1.82, 2.24) is 4.90 Å². The number of unbranched alkanes of at least 4 members (excludes halogenated alkanes) is 3. The van der Waals surface area contributed by atoms with Gasteiger partial charge in [-0.1, -0.05) is 52.4 Å². The van der Waals surface area contributed by atoms with Crippen LogP contribution in [0.5, 0.6) is 0 Å². The van der Waals surface area contributed by atoms with Crippen LogP contribution in [0.4, 0.5) is 0 Å². The van der Waals surface area contributed by atoms with E-state index in [1.54, 1.807) is 0 Å². The molecule has 0 spiro atoms. The Labute approximate surface area is 113 Å². The molecule has 104 valence electrons. The zero-order valence-corrected chi connectivity index (χ0v) is 12.5. The lowest BCUT2D eigenvalue weighted by Crippen LogP contribution is -2.51. The van der Waals surface area contributed by atoms with Crippen molar-refractivity contribution < 1.29 is 0 Å². The molecule has 0 radical (unpaired) electrons. The van der Waals surface area contributed by atoms with Crippen molar-refractivity contribution in [3.05, 3.63) is 0 Å². The molecular formula is C16H30N2. The highest BCUT2D eigenvalue weighted by atomic mass is 15.2. The van der Waals surface area contributed by atoms with Crippen molar-refractivity contribution in [3.63, 3.8) is 0 Å². The summed E-state index contributed by atoms with van der Waals surface area (Å²) in [6.45, 7) is 10.1. The largest absolute Gasteiger partial charge is 0.301 e. The molecule has 1 fully saturated rings. The van der Waals surface area contributed by atoms with E-state index in [1.807, 2.05) is 6.92 Å². The predicted octanol–water partition coefficient (Wildman–Crippen LogP) is 4.07. The summed E-state index contributed by atoms with van der Waals surface area (Å²) in [5.74, 6) is 2.02. The second-order valence-corrected chi connectivity index (χ2v) is 6.03. The zero-order valence-electron chi connectivity index (χ0n) is 12.5. The summed E-state index contributed by atoms with van der Waals surface area (Å²) in [6.07, 6.45) is 8.31. The minimum absolute atomic E-state index is 0.190. The van der Waals surface area contributed by atoms with Crippen molar-refractivity contribution in [2.45, 2.75) is 59.3 Å². The average molecular weight is 250 g/mol. The number of hydrogen-bond donors (Lipinski definition) is 0. The number of likely N-dealkylation sites (tertiary alicyclic amines) is 1. The molecule has 0 aromatic rings. The van der Waals surface area contributed by atoms with Gasteiger partial charge in [0.15, 0.2) is 0 Å². The topological polar surface area (TPSA) is 27.0 Å². The zero-order chi connectivity index (χ0) is 13.4. The third kappa shape index (κ3) is 4.98. The maximum atomic E-state index is 8.81. The molecule has 1 aliphatic rings. The molecule has 0 aromatic heterocycles. The normalized spacial score (nSPS) is 20.1. The molecule has 1 saturated heterocycles. The van der Waals surface area contributed by atoms with E-state index in [0.717, 1.165) is 18.4 Å². The Morgan fingerprint density at radius 3 is 2.50 bits per heavy atom. The van der Waals surface area contributed by atoms with Gasteiger partial charge in [0.25, 0.3) is 0 Å². The summed E-state index contributed by atoms with van der Waals surface area (Å²) < 4.78 is 0. The number of nitrogens with zero attached hydrogens (tertiary/aromatic N) is 2. The highest BCUT2D eigenvalue weighted by Gasteiger charge is 2.32. The number of nitriles is 1. The first-order valence-corrected chi connectivity index (χ1v) is 7.83. The van der Waals surface area contributed by atoms with Gasteiger partial charge in [-0.05, 0) is 18.8 Å². The van der Waals surface area contributed by atoms with Crippen molar-refractivity contribution in [3.8, 4) is 6.07 Å². The Hall–Kier alpha value is -0.550. The van der Waals surface area contributed by atoms with Crippen LogP contribution in [0, 0.1) is 29.1 Å². The van der Waals surface area contributed by atoms with Crippen LogP contribution in [0.15, 0.2) is 0 Å². The lowest BCUT2D eigenvalue weighted by Gasteiger charge is -2.44. The third-order valence-corrected chi connectivity index (χ3v) is 4.36. The molecule has 2 unspecified atom stereocenters. The fraction of sp³-hybridized carbons (Fsp3) is 0.938. The first-order valence-electron chi connectivity index (χ1n) is 7.83. The van der Waals surface area contributed by atoms with Gasteiger partial charge in [-0.25, -0.2) is 0 Å². The minimum Gasteiger partial charge on any atom is -0.301 e. The SMILES string of the molecule is CCCCCCC(CC)C1CN(CC(C)C#N)C1. The number of hydrogen-bond acceptors (Lipinski definition) is 2. The van der Waals surface area contributed by atoms with E-state index in [-0.39, 0.29) is 5.92 Å². The second-order valence-electron chi connectivity index (χ2n) is 6.03. The van der Waals surface area contributed by atoms with Gasteiger partial charge < -0.3 is 4.90 Å². The summed E-state index contributed by atoms with van der Waals surface area (Å²) in [5.41, 5.74) is 0. The van der Waals surface area contributed by atoms with Gasteiger partial charge in [0.2, 0.25) is 0 Å². The predicted molar refractivity (Wildman–Crippen MR) is 77.2 cm³/mol. The third-order valence-electron chi connectivity index (χ3n) is 4.36. The molecule has 0 N–H and O–H groups in total. The van der Waals surface area contributed by atoms with Crippen molar-refractivity contribution in [2.75, 3.05) is 19.6 Å². The summed E-state index contributed by atoms with van der Waals surface area (Å²) in [6, 6.07) is 2.33. The van der Waals surface area contributed by atoms with Crippen LogP contribution in [0.2, 0.25) is 0 Å². The highest BCUT2D eigenvalue weighted by Crippen LogP contribution is 2.30. The van der Waals surface area contributed by atoms with Crippen LogP contribution in [0.1, 0.15) is 59.3 Å². The van der Waals surface area contributed by atoms with E-state index < -0.39 is 0 Å².